The van der Waals surface area contributed by atoms with Crippen LogP contribution in [0.3, 0.4) is 0 Å². The summed E-state index contributed by atoms with van der Waals surface area (Å²) >= 11 is 1.90. The number of carbonyl (C=O) groups excluding carboxylic acids is 1. The van der Waals surface area contributed by atoms with Crippen molar-refractivity contribution in [1.29, 1.82) is 0 Å². The van der Waals surface area contributed by atoms with Gasteiger partial charge < -0.3 is 14.7 Å². The van der Waals surface area contributed by atoms with Gasteiger partial charge in [0.15, 0.2) is 0 Å². The number of rotatable bonds is 5. The van der Waals surface area contributed by atoms with E-state index in [1.54, 1.807) is 24.4 Å². The Balaban J connectivity index is 0.000000383. The number of benzene rings is 1. The van der Waals surface area contributed by atoms with Gasteiger partial charge in [0, 0.05) is 31.2 Å². The Morgan fingerprint density at radius 2 is 1.91 bits per heavy atom. The third-order valence-electron chi connectivity index (χ3n) is 5.24. The number of alkyl halides is 3. The molecule has 6 nitrogen and oxygen atoms in total. The van der Waals surface area contributed by atoms with Gasteiger partial charge in [-0.1, -0.05) is 24.3 Å². The number of amides is 1. The number of halogens is 4. The fourth-order valence-corrected chi connectivity index (χ4v) is 5.12. The summed E-state index contributed by atoms with van der Waals surface area (Å²) in [6, 6.07) is 10.4. The van der Waals surface area contributed by atoms with Crippen LogP contribution >= 0.6 is 11.8 Å². The van der Waals surface area contributed by atoms with Gasteiger partial charge in [-0.3, -0.25) is 9.78 Å². The number of thioether (sulfide) groups is 1. The molecule has 178 valence electrons. The van der Waals surface area contributed by atoms with Crippen LogP contribution < -0.4 is 0 Å². The fraction of sp³-hybridized carbons (Fsp3) is 0.409. The second kappa shape index (κ2) is 10.5. The van der Waals surface area contributed by atoms with Crippen molar-refractivity contribution in [2.75, 3.05) is 18.8 Å². The van der Waals surface area contributed by atoms with Gasteiger partial charge in [0.1, 0.15) is 5.82 Å². The zero-order valence-corrected chi connectivity index (χ0v) is 18.2. The van der Waals surface area contributed by atoms with Gasteiger partial charge in [0.25, 0.3) is 0 Å². The minimum absolute atomic E-state index is 0.000975. The van der Waals surface area contributed by atoms with Crippen molar-refractivity contribution >= 4 is 23.6 Å². The van der Waals surface area contributed by atoms with E-state index in [9.17, 15) is 22.4 Å². The van der Waals surface area contributed by atoms with Crippen molar-refractivity contribution < 1.29 is 37.0 Å². The molecule has 2 saturated heterocycles. The third kappa shape index (κ3) is 6.91. The lowest BCUT2D eigenvalue weighted by Crippen LogP contribution is -2.61. The maximum atomic E-state index is 13.7. The Morgan fingerprint density at radius 1 is 1.21 bits per heavy atom. The molecule has 0 aliphatic carbocycles. The monoisotopic (exact) mass is 486 g/mol. The first kappa shape index (κ1) is 25.0. The topological polar surface area (TPSA) is 79.7 Å². The molecule has 1 aromatic heterocycles. The molecular formula is C22H22F4N2O4S. The van der Waals surface area contributed by atoms with Crippen LogP contribution in [0.4, 0.5) is 17.6 Å². The first-order chi connectivity index (χ1) is 15.6. The number of carboxylic acid groups (broad SMARTS) is 1. The number of likely N-dealkylation sites (tertiary alicyclic amines) is 1. The predicted octanol–water partition coefficient (Wildman–Crippen LogP) is 3.70. The average molecular weight is 486 g/mol. The summed E-state index contributed by atoms with van der Waals surface area (Å²) in [6.07, 6.45) is -0.199. The van der Waals surface area contributed by atoms with Crippen LogP contribution in [0.25, 0.3) is 0 Å². The van der Waals surface area contributed by atoms with Crippen LogP contribution in [0.1, 0.15) is 17.5 Å². The van der Waals surface area contributed by atoms with E-state index in [1.807, 2.05) is 35.0 Å². The van der Waals surface area contributed by atoms with Crippen molar-refractivity contribution in [3.63, 3.8) is 0 Å². The molecule has 0 saturated carbocycles. The van der Waals surface area contributed by atoms with E-state index in [1.165, 1.54) is 6.07 Å². The van der Waals surface area contributed by atoms with Crippen molar-refractivity contribution in [3.8, 4) is 0 Å². The van der Waals surface area contributed by atoms with Gasteiger partial charge in [0.05, 0.1) is 23.9 Å². The molecule has 4 rings (SSSR count). The van der Waals surface area contributed by atoms with Crippen molar-refractivity contribution in [1.82, 2.24) is 9.88 Å². The number of hydrogen-bond acceptors (Lipinski definition) is 5. The van der Waals surface area contributed by atoms with Gasteiger partial charge in [0.2, 0.25) is 5.91 Å². The molecule has 11 heteroatoms. The molecule has 1 amide bonds. The number of aromatic nitrogens is 1. The smallest absolute Gasteiger partial charge is 0.475 e. The summed E-state index contributed by atoms with van der Waals surface area (Å²) < 4.78 is 51.6. The molecule has 3 heterocycles. The van der Waals surface area contributed by atoms with Gasteiger partial charge in [-0.05, 0) is 29.7 Å². The van der Waals surface area contributed by atoms with Crippen LogP contribution in [0.2, 0.25) is 0 Å². The van der Waals surface area contributed by atoms with E-state index in [0.29, 0.717) is 12.2 Å². The minimum Gasteiger partial charge on any atom is -0.475 e. The molecule has 0 bridgehead atoms. The molecule has 33 heavy (non-hydrogen) atoms. The van der Waals surface area contributed by atoms with E-state index in [0.717, 1.165) is 30.8 Å². The van der Waals surface area contributed by atoms with Gasteiger partial charge >= 0.3 is 12.1 Å². The van der Waals surface area contributed by atoms with E-state index >= 15 is 0 Å². The molecule has 2 fully saturated rings. The maximum absolute atomic E-state index is 13.7. The molecule has 1 aromatic carbocycles. The lowest BCUT2D eigenvalue weighted by molar-refractivity contribution is -0.192. The summed E-state index contributed by atoms with van der Waals surface area (Å²) in [5, 5.41) is 7.12. The Hall–Kier alpha value is -2.66. The summed E-state index contributed by atoms with van der Waals surface area (Å²) in [5.41, 5.74) is 1.55. The van der Waals surface area contributed by atoms with Crippen molar-refractivity contribution in [2.24, 2.45) is 0 Å². The highest BCUT2D eigenvalue weighted by atomic mass is 32.2. The second-order valence-electron chi connectivity index (χ2n) is 7.81. The number of carbonyl (C=O) groups is 2. The third-order valence-corrected chi connectivity index (χ3v) is 6.81. The van der Waals surface area contributed by atoms with Crippen LogP contribution in [0.15, 0.2) is 48.8 Å². The number of hydrogen-bond donors (Lipinski definition) is 1. The summed E-state index contributed by atoms with van der Waals surface area (Å²) in [4.78, 5) is 27.2. The van der Waals surface area contributed by atoms with Crippen LogP contribution in [0.5, 0.6) is 0 Å². The highest BCUT2D eigenvalue weighted by molar-refractivity contribution is 8.01. The number of ether oxygens (including phenoxy) is 1. The Bertz CT molecular complexity index is 968. The van der Waals surface area contributed by atoms with Crippen molar-refractivity contribution in [3.05, 3.63) is 65.7 Å². The first-order valence-electron chi connectivity index (χ1n) is 10.0. The molecule has 1 unspecified atom stereocenters. The number of aliphatic carboxylic acids is 1. The number of carboxylic acids is 1. The van der Waals surface area contributed by atoms with E-state index in [-0.39, 0.29) is 29.0 Å². The highest BCUT2D eigenvalue weighted by Gasteiger charge is 2.50. The SMILES string of the molecule is O=C(Cc1ccccc1F)N1CC2(CC(OCc3cccnc3)CS2)C1.O=C(O)C(F)(F)F. The summed E-state index contributed by atoms with van der Waals surface area (Å²) in [5.74, 6) is -2.11. The number of nitrogens with zero attached hydrogens (tertiary/aromatic N) is 2. The lowest BCUT2D eigenvalue weighted by atomic mass is 9.92. The van der Waals surface area contributed by atoms with Gasteiger partial charge in [-0.15, -0.1) is 11.8 Å². The largest absolute Gasteiger partial charge is 0.490 e. The molecule has 1 spiro atoms. The molecule has 2 aromatic rings. The maximum Gasteiger partial charge on any atom is 0.490 e. The van der Waals surface area contributed by atoms with Crippen molar-refractivity contribution in [2.45, 2.75) is 36.5 Å². The zero-order chi connectivity index (χ0) is 24.1. The highest BCUT2D eigenvalue weighted by Crippen LogP contribution is 2.46. The quantitative estimate of drug-likeness (QED) is 0.650. The summed E-state index contributed by atoms with van der Waals surface area (Å²) in [6.45, 7) is 2.04. The lowest BCUT2D eigenvalue weighted by Gasteiger charge is -2.47. The average Bonchev–Trinajstić information content (AvgIpc) is 3.18. The van der Waals surface area contributed by atoms with E-state index < -0.39 is 12.1 Å². The molecule has 1 N–H and O–H groups in total. The zero-order valence-electron chi connectivity index (χ0n) is 17.4. The molecule has 1 atom stereocenters. The van der Waals surface area contributed by atoms with Gasteiger partial charge in [-0.2, -0.15) is 13.2 Å². The summed E-state index contributed by atoms with van der Waals surface area (Å²) in [7, 11) is 0. The second-order valence-corrected chi connectivity index (χ2v) is 9.30. The van der Waals surface area contributed by atoms with E-state index in [2.05, 4.69) is 4.98 Å². The Labute approximate surface area is 191 Å². The minimum atomic E-state index is -5.08. The number of pyridine rings is 1. The first-order valence-corrected chi connectivity index (χ1v) is 11.0. The normalized spacial score (nSPS) is 18.9. The van der Waals surface area contributed by atoms with Crippen LogP contribution in [0, 0.1) is 5.82 Å². The standard InChI is InChI=1S/C20H21FN2O2S.C2HF3O2/c21-18-6-2-1-5-16(18)8-19(24)23-13-20(14-23)9-17(12-26-20)25-11-15-4-3-7-22-10-15;3-2(4,5)1(6)7/h1-7,10,17H,8-9,11-14H2;(H,6,7). The Kier molecular flexibility index (Phi) is 7.96. The predicted molar refractivity (Wildman–Crippen MR) is 113 cm³/mol. The Morgan fingerprint density at radius 3 is 2.52 bits per heavy atom. The molecule has 2 aliphatic rings. The molecular weight excluding hydrogens is 464 g/mol. The van der Waals surface area contributed by atoms with Crippen LogP contribution in [-0.4, -0.2) is 62.7 Å². The molecule has 0 radical (unpaired) electrons. The fourth-order valence-electron chi connectivity index (χ4n) is 3.57. The van der Waals surface area contributed by atoms with Gasteiger partial charge in [-0.25, -0.2) is 9.18 Å². The molecule has 2 aliphatic heterocycles. The van der Waals surface area contributed by atoms with Crippen LogP contribution in [-0.2, 0) is 27.4 Å². The van der Waals surface area contributed by atoms with E-state index in [4.69, 9.17) is 14.6 Å².